The highest BCUT2D eigenvalue weighted by atomic mass is 79.9. The fourth-order valence-electron chi connectivity index (χ4n) is 7.47. The molecule has 48 heavy (non-hydrogen) atoms. The molecule has 0 aliphatic carbocycles. The Hall–Kier alpha value is -3.54. The molecular formula is C37H43BrFN5O4. The van der Waals surface area contributed by atoms with Crippen molar-refractivity contribution in [2.24, 2.45) is 0 Å². The number of ether oxygens (including phenoxy) is 1. The largest absolute Gasteiger partial charge is 0.497 e. The molecule has 2 aromatic carbocycles. The first kappa shape index (κ1) is 33.0. The summed E-state index contributed by atoms with van der Waals surface area (Å²) >= 11 is 3.54. The molecule has 0 bridgehead atoms. The molecule has 0 saturated carbocycles. The monoisotopic (exact) mass is 719 g/mol. The van der Waals surface area contributed by atoms with E-state index in [1.807, 2.05) is 23.6 Å². The zero-order chi connectivity index (χ0) is 33.2. The Morgan fingerprint density at radius 2 is 1.85 bits per heavy atom. The number of methoxy groups -OCH3 is 1. The minimum absolute atomic E-state index is 0.161. The maximum absolute atomic E-state index is 13.4. The predicted molar refractivity (Wildman–Crippen MR) is 188 cm³/mol. The van der Waals surface area contributed by atoms with Crippen LogP contribution in [0.15, 0.2) is 54.6 Å². The number of nitrogens with one attached hydrogen (secondary N) is 1. The van der Waals surface area contributed by atoms with Crippen LogP contribution in [0.4, 0.5) is 4.39 Å². The van der Waals surface area contributed by atoms with Crippen LogP contribution in [0, 0.1) is 12.7 Å². The van der Waals surface area contributed by atoms with Crippen molar-refractivity contribution < 1.29 is 18.1 Å². The van der Waals surface area contributed by atoms with Gasteiger partial charge in [0.25, 0.3) is 5.56 Å². The van der Waals surface area contributed by atoms with Gasteiger partial charge in [-0.15, -0.1) is 0 Å². The van der Waals surface area contributed by atoms with Gasteiger partial charge in [0.05, 0.1) is 17.3 Å². The summed E-state index contributed by atoms with van der Waals surface area (Å²) in [5, 5.41) is 9.63. The quantitative estimate of drug-likeness (QED) is 0.196. The standard InChI is InChI=1S/C23H27FN4O2.C14H16BrNO2/c1-15-18(23(29)28-10-3-2-4-21(28)25-15)9-13-27-11-7-16(8-12-27)22-19-6-5-17(24)14-20(19)30-26-22;1-17-11-6-10-7-13(9-2-4-16-5-3-9)18-14(10)12(15)8-11/h5-6,14,16H,2-4,7-13H2,1H3;6-9,16H,2-5H2,1H3. The van der Waals surface area contributed by atoms with Crippen molar-refractivity contribution in [2.75, 3.05) is 39.8 Å². The van der Waals surface area contributed by atoms with Gasteiger partial charge in [-0.2, -0.15) is 0 Å². The van der Waals surface area contributed by atoms with E-state index in [1.165, 1.54) is 12.1 Å². The number of hydrogen-bond donors (Lipinski definition) is 1. The lowest BCUT2D eigenvalue weighted by Crippen LogP contribution is -2.37. The summed E-state index contributed by atoms with van der Waals surface area (Å²) in [5.41, 5.74) is 4.30. The van der Waals surface area contributed by atoms with E-state index in [2.05, 4.69) is 37.4 Å². The molecule has 0 spiro atoms. The van der Waals surface area contributed by atoms with Crippen LogP contribution in [0.25, 0.3) is 21.9 Å². The second-order valence-electron chi connectivity index (χ2n) is 13.3. The molecule has 0 unspecified atom stereocenters. The third-order valence-electron chi connectivity index (χ3n) is 10.2. The Labute approximate surface area is 287 Å². The Morgan fingerprint density at radius 1 is 1.04 bits per heavy atom. The maximum Gasteiger partial charge on any atom is 0.256 e. The van der Waals surface area contributed by atoms with Gasteiger partial charge in [-0.3, -0.25) is 9.36 Å². The number of benzene rings is 2. The third kappa shape index (κ3) is 6.95. The van der Waals surface area contributed by atoms with Gasteiger partial charge >= 0.3 is 0 Å². The van der Waals surface area contributed by atoms with E-state index in [4.69, 9.17) is 18.7 Å². The molecule has 0 atom stereocenters. The molecule has 3 aromatic heterocycles. The van der Waals surface area contributed by atoms with E-state index in [9.17, 15) is 9.18 Å². The van der Waals surface area contributed by atoms with Crippen LogP contribution in [0.3, 0.4) is 0 Å². The van der Waals surface area contributed by atoms with Gasteiger partial charge in [0.2, 0.25) is 0 Å². The van der Waals surface area contributed by atoms with Gasteiger partial charge in [0.1, 0.15) is 28.7 Å². The van der Waals surface area contributed by atoms with Gasteiger partial charge < -0.3 is 23.9 Å². The summed E-state index contributed by atoms with van der Waals surface area (Å²) in [4.78, 5) is 20.1. The number of nitrogens with zero attached hydrogens (tertiary/aromatic N) is 4. The van der Waals surface area contributed by atoms with Crippen molar-refractivity contribution in [1.29, 1.82) is 0 Å². The lowest BCUT2D eigenvalue weighted by molar-refractivity contribution is 0.211. The average molecular weight is 721 g/mol. The van der Waals surface area contributed by atoms with Crippen molar-refractivity contribution in [3.8, 4) is 5.75 Å². The number of aryl methyl sites for hydroxylation is 2. The number of likely N-dealkylation sites (tertiary alicyclic amines) is 1. The molecule has 254 valence electrons. The third-order valence-corrected chi connectivity index (χ3v) is 10.8. The van der Waals surface area contributed by atoms with E-state index in [0.717, 1.165) is 146 Å². The maximum atomic E-state index is 13.4. The summed E-state index contributed by atoms with van der Waals surface area (Å²) in [5.74, 6) is 3.46. The number of hydrogen-bond acceptors (Lipinski definition) is 8. The summed E-state index contributed by atoms with van der Waals surface area (Å²) < 4.78 is 32.9. The van der Waals surface area contributed by atoms with E-state index in [-0.39, 0.29) is 11.4 Å². The number of aromatic nitrogens is 3. The molecule has 3 aliphatic rings. The molecule has 1 N–H and O–H groups in total. The Kier molecular flexibility index (Phi) is 9.98. The van der Waals surface area contributed by atoms with Crippen LogP contribution < -0.4 is 15.6 Å². The van der Waals surface area contributed by atoms with Crippen LogP contribution in [0.2, 0.25) is 0 Å². The molecule has 2 saturated heterocycles. The predicted octanol–water partition coefficient (Wildman–Crippen LogP) is 7.26. The van der Waals surface area contributed by atoms with Crippen LogP contribution >= 0.6 is 15.9 Å². The first-order chi connectivity index (χ1) is 23.4. The summed E-state index contributed by atoms with van der Waals surface area (Å²) in [7, 11) is 1.68. The molecule has 8 rings (SSSR count). The number of halogens is 2. The topological polar surface area (TPSA) is 98.6 Å². The first-order valence-electron chi connectivity index (χ1n) is 17.2. The van der Waals surface area contributed by atoms with Crippen molar-refractivity contribution in [3.05, 3.63) is 85.6 Å². The zero-order valence-corrected chi connectivity index (χ0v) is 29.3. The summed E-state index contributed by atoms with van der Waals surface area (Å²) in [6.07, 6.45) is 8.11. The van der Waals surface area contributed by atoms with Crippen molar-refractivity contribution in [2.45, 2.75) is 76.7 Å². The minimum atomic E-state index is -0.303. The normalized spacial score (nSPS) is 17.8. The fraction of sp³-hybridized carbons (Fsp3) is 0.486. The van der Waals surface area contributed by atoms with E-state index < -0.39 is 0 Å². The smallest absolute Gasteiger partial charge is 0.256 e. The average Bonchev–Trinajstić information content (AvgIpc) is 3.74. The highest BCUT2D eigenvalue weighted by Crippen LogP contribution is 2.36. The van der Waals surface area contributed by atoms with Gasteiger partial charge in [0, 0.05) is 59.4 Å². The highest BCUT2D eigenvalue weighted by Gasteiger charge is 2.26. The Morgan fingerprint density at radius 3 is 2.65 bits per heavy atom. The highest BCUT2D eigenvalue weighted by molar-refractivity contribution is 9.10. The number of furan rings is 1. The SMILES string of the molecule is COc1cc(Br)c2oc(C3CCNCC3)cc2c1.Cc1nc2n(c(=O)c1CCN1CCC(c3noc4cc(F)ccc34)CC1)CCCC2. The van der Waals surface area contributed by atoms with Crippen LogP contribution in [-0.4, -0.2) is 59.4 Å². The van der Waals surface area contributed by atoms with E-state index >= 15 is 0 Å². The van der Waals surface area contributed by atoms with Crippen LogP contribution in [-0.2, 0) is 19.4 Å². The minimum Gasteiger partial charge on any atom is -0.497 e. The lowest BCUT2D eigenvalue weighted by atomic mass is 9.91. The summed E-state index contributed by atoms with van der Waals surface area (Å²) in [6.45, 7) is 7.71. The lowest BCUT2D eigenvalue weighted by Gasteiger charge is -2.31. The number of fused-ring (bicyclic) bond motifs is 3. The van der Waals surface area contributed by atoms with Gasteiger partial charge in [-0.25, -0.2) is 9.37 Å². The van der Waals surface area contributed by atoms with E-state index in [0.29, 0.717) is 17.4 Å². The second-order valence-corrected chi connectivity index (χ2v) is 14.1. The molecule has 5 aromatic rings. The van der Waals surface area contributed by atoms with Crippen LogP contribution in [0.1, 0.15) is 78.9 Å². The Bertz CT molecular complexity index is 1960. The van der Waals surface area contributed by atoms with Gasteiger partial charge in [-0.1, -0.05) is 5.16 Å². The van der Waals surface area contributed by atoms with Crippen molar-refractivity contribution >= 4 is 37.9 Å². The number of rotatable bonds is 6. The fourth-order valence-corrected chi connectivity index (χ4v) is 8.01. The summed E-state index contributed by atoms with van der Waals surface area (Å²) in [6, 6.07) is 10.7. The molecular weight excluding hydrogens is 677 g/mol. The van der Waals surface area contributed by atoms with E-state index in [1.54, 1.807) is 13.2 Å². The second kappa shape index (κ2) is 14.5. The number of piperidine rings is 2. The molecule has 11 heteroatoms. The van der Waals surface area contributed by atoms with Gasteiger partial charge in [-0.05, 0) is 124 Å². The molecule has 9 nitrogen and oxygen atoms in total. The van der Waals surface area contributed by atoms with Crippen LogP contribution in [0.5, 0.6) is 5.75 Å². The molecule has 0 radical (unpaired) electrons. The Balaban J connectivity index is 0.000000172. The molecule has 3 aliphatic heterocycles. The first-order valence-corrected chi connectivity index (χ1v) is 18.0. The zero-order valence-electron chi connectivity index (χ0n) is 27.7. The van der Waals surface area contributed by atoms with Gasteiger partial charge in [0.15, 0.2) is 5.58 Å². The molecule has 0 amide bonds. The van der Waals surface area contributed by atoms with Crippen molar-refractivity contribution in [3.63, 3.8) is 0 Å². The molecule has 6 heterocycles. The van der Waals surface area contributed by atoms with Crippen molar-refractivity contribution in [1.82, 2.24) is 24.9 Å². The molecule has 2 fully saturated rings.